The summed E-state index contributed by atoms with van der Waals surface area (Å²) < 4.78 is 17.6. The zero-order chi connectivity index (χ0) is 33.0. The number of hydrogen-bond donors (Lipinski definition) is 4. The highest BCUT2D eigenvalue weighted by molar-refractivity contribution is 6.32. The van der Waals surface area contributed by atoms with Crippen molar-refractivity contribution in [2.24, 2.45) is 0 Å². The number of pyridine rings is 2. The Kier molecular flexibility index (Phi) is 11.9. The first-order valence-corrected chi connectivity index (χ1v) is 15.5. The Balaban J connectivity index is 1.42. The SMILES string of the molecule is N#Cc1cnc2cc(O[C@H]3CCOC3)c(NC(=O)C=CCN(CCO)CCO)cc2c1Nc1ccc(OCc2ccccn2)c(Cl)c1. The van der Waals surface area contributed by atoms with Crippen molar-refractivity contribution in [3.63, 3.8) is 0 Å². The summed E-state index contributed by atoms with van der Waals surface area (Å²) in [5.41, 5.74) is 3.06. The molecule has 0 bridgehead atoms. The van der Waals surface area contributed by atoms with Gasteiger partial charge in [-0.15, -0.1) is 0 Å². The van der Waals surface area contributed by atoms with Gasteiger partial charge in [-0.3, -0.25) is 19.7 Å². The maximum Gasteiger partial charge on any atom is 0.248 e. The molecule has 47 heavy (non-hydrogen) atoms. The fraction of sp³-hybridized carbons (Fsp3) is 0.294. The fourth-order valence-corrected chi connectivity index (χ4v) is 5.19. The molecule has 5 rings (SSSR count). The van der Waals surface area contributed by atoms with E-state index in [0.717, 1.165) is 5.69 Å². The zero-order valence-electron chi connectivity index (χ0n) is 25.6. The first-order chi connectivity index (χ1) is 23.0. The van der Waals surface area contributed by atoms with Gasteiger partial charge in [-0.1, -0.05) is 23.7 Å². The highest BCUT2D eigenvalue weighted by atomic mass is 35.5. The largest absolute Gasteiger partial charge is 0.486 e. The predicted octanol–water partition coefficient (Wildman–Crippen LogP) is 4.43. The number of carbonyl (C=O) groups excluding carboxylic acids is 1. The number of nitrogens with zero attached hydrogens (tertiary/aromatic N) is 4. The van der Waals surface area contributed by atoms with Crippen LogP contribution in [-0.2, 0) is 16.1 Å². The molecule has 4 N–H and O–H groups in total. The minimum absolute atomic E-state index is 0.0616. The van der Waals surface area contributed by atoms with Gasteiger partial charge in [-0.25, -0.2) is 0 Å². The van der Waals surface area contributed by atoms with Crippen LogP contribution >= 0.6 is 11.6 Å². The average molecular weight is 659 g/mol. The van der Waals surface area contributed by atoms with E-state index >= 15 is 0 Å². The van der Waals surface area contributed by atoms with Crippen LogP contribution in [0.25, 0.3) is 10.9 Å². The number of aliphatic hydroxyl groups is 2. The van der Waals surface area contributed by atoms with Crippen molar-refractivity contribution in [3.05, 3.63) is 89.4 Å². The minimum Gasteiger partial charge on any atom is -0.486 e. The van der Waals surface area contributed by atoms with E-state index in [0.29, 0.717) is 83.8 Å². The molecule has 2 aromatic carbocycles. The van der Waals surface area contributed by atoms with Crippen LogP contribution in [0.4, 0.5) is 17.1 Å². The quantitative estimate of drug-likeness (QED) is 0.134. The van der Waals surface area contributed by atoms with Crippen molar-refractivity contribution in [1.29, 1.82) is 5.26 Å². The highest BCUT2D eigenvalue weighted by Gasteiger charge is 2.21. The molecule has 0 aliphatic carbocycles. The Morgan fingerprint density at radius 1 is 1.15 bits per heavy atom. The van der Waals surface area contributed by atoms with Crippen LogP contribution in [0.3, 0.4) is 0 Å². The Morgan fingerprint density at radius 3 is 2.70 bits per heavy atom. The lowest BCUT2D eigenvalue weighted by molar-refractivity contribution is -0.111. The van der Waals surface area contributed by atoms with Crippen LogP contribution in [-0.4, -0.2) is 83.2 Å². The lowest BCUT2D eigenvalue weighted by Crippen LogP contribution is -2.30. The number of rotatable bonds is 15. The third-order valence-corrected chi connectivity index (χ3v) is 7.59. The molecule has 12 nitrogen and oxygen atoms in total. The van der Waals surface area contributed by atoms with Gasteiger partial charge >= 0.3 is 0 Å². The number of halogens is 1. The molecule has 2 aromatic heterocycles. The summed E-state index contributed by atoms with van der Waals surface area (Å²) in [6.45, 7) is 2.24. The van der Waals surface area contributed by atoms with Gasteiger partial charge < -0.3 is 35.1 Å². The molecule has 1 aliphatic rings. The highest BCUT2D eigenvalue weighted by Crippen LogP contribution is 2.38. The van der Waals surface area contributed by atoms with Gasteiger partial charge in [0.05, 0.1) is 59.6 Å². The van der Waals surface area contributed by atoms with Crippen molar-refractivity contribution in [3.8, 4) is 17.6 Å². The second kappa shape index (κ2) is 16.7. The van der Waals surface area contributed by atoms with Gasteiger partial charge in [0.2, 0.25) is 5.91 Å². The van der Waals surface area contributed by atoms with Crippen LogP contribution in [0.1, 0.15) is 17.7 Å². The van der Waals surface area contributed by atoms with E-state index in [-0.39, 0.29) is 31.5 Å². The maximum absolute atomic E-state index is 13.0. The molecule has 1 saturated heterocycles. The Morgan fingerprint density at radius 2 is 2.00 bits per heavy atom. The Bertz CT molecular complexity index is 1740. The number of aliphatic hydroxyl groups excluding tert-OH is 2. The molecule has 0 spiro atoms. The third-order valence-electron chi connectivity index (χ3n) is 7.30. The summed E-state index contributed by atoms with van der Waals surface area (Å²) in [6, 6.07) is 16.4. The van der Waals surface area contributed by atoms with Crippen molar-refractivity contribution in [1.82, 2.24) is 14.9 Å². The van der Waals surface area contributed by atoms with Gasteiger partial charge in [0.25, 0.3) is 0 Å². The summed E-state index contributed by atoms with van der Waals surface area (Å²) >= 11 is 6.56. The molecule has 1 amide bonds. The Hall–Kier alpha value is -4.77. The van der Waals surface area contributed by atoms with E-state index in [1.807, 2.05) is 23.1 Å². The molecule has 0 radical (unpaired) electrons. The molecule has 1 atom stereocenters. The molecular weight excluding hydrogens is 624 g/mol. The Labute approximate surface area is 277 Å². The summed E-state index contributed by atoms with van der Waals surface area (Å²) in [6.07, 6.45) is 6.72. The van der Waals surface area contributed by atoms with Gasteiger partial charge in [0.15, 0.2) is 0 Å². The van der Waals surface area contributed by atoms with E-state index in [1.165, 1.54) is 12.3 Å². The van der Waals surface area contributed by atoms with E-state index in [2.05, 4.69) is 26.7 Å². The maximum atomic E-state index is 13.0. The van der Waals surface area contributed by atoms with Crippen molar-refractivity contribution < 1.29 is 29.2 Å². The van der Waals surface area contributed by atoms with Crippen LogP contribution in [0, 0.1) is 11.3 Å². The number of nitriles is 1. The number of anilines is 3. The van der Waals surface area contributed by atoms with E-state index in [9.17, 15) is 20.3 Å². The molecular formula is C34H35ClN6O6. The van der Waals surface area contributed by atoms with E-state index < -0.39 is 5.91 Å². The normalized spacial score (nSPS) is 14.4. The summed E-state index contributed by atoms with van der Waals surface area (Å²) in [5, 5.41) is 35.6. The minimum atomic E-state index is -0.406. The summed E-state index contributed by atoms with van der Waals surface area (Å²) in [5.74, 6) is 0.490. The number of hydrogen-bond acceptors (Lipinski definition) is 11. The van der Waals surface area contributed by atoms with Crippen molar-refractivity contribution in [2.45, 2.75) is 19.1 Å². The number of benzene rings is 2. The zero-order valence-corrected chi connectivity index (χ0v) is 26.3. The third kappa shape index (κ3) is 9.16. The molecule has 244 valence electrons. The van der Waals surface area contributed by atoms with E-state index in [1.54, 1.807) is 42.6 Å². The topological polar surface area (TPSA) is 162 Å². The second-order valence-electron chi connectivity index (χ2n) is 10.6. The first kappa shape index (κ1) is 33.6. The van der Waals surface area contributed by atoms with Crippen LogP contribution in [0.5, 0.6) is 11.5 Å². The molecule has 3 heterocycles. The second-order valence-corrected chi connectivity index (χ2v) is 11.1. The van der Waals surface area contributed by atoms with Gasteiger partial charge in [-0.2, -0.15) is 5.26 Å². The van der Waals surface area contributed by atoms with Crippen LogP contribution in [0.15, 0.2) is 73.1 Å². The number of nitrogens with one attached hydrogen (secondary N) is 2. The van der Waals surface area contributed by atoms with Gasteiger partial charge in [-0.05, 0) is 36.4 Å². The number of carbonyl (C=O) groups is 1. The van der Waals surface area contributed by atoms with Crippen molar-refractivity contribution in [2.75, 3.05) is 56.7 Å². The number of ether oxygens (including phenoxy) is 3. The fourth-order valence-electron chi connectivity index (χ4n) is 4.96. The smallest absolute Gasteiger partial charge is 0.248 e. The molecule has 13 heteroatoms. The molecule has 1 aliphatic heterocycles. The molecule has 1 fully saturated rings. The number of aromatic nitrogens is 2. The molecule has 4 aromatic rings. The van der Waals surface area contributed by atoms with Crippen molar-refractivity contribution >= 4 is 45.5 Å². The van der Waals surface area contributed by atoms with Gasteiger partial charge in [0.1, 0.15) is 30.3 Å². The number of amides is 1. The molecule has 0 saturated carbocycles. The summed E-state index contributed by atoms with van der Waals surface area (Å²) in [7, 11) is 0. The lowest BCUT2D eigenvalue weighted by atomic mass is 10.1. The van der Waals surface area contributed by atoms with Gasteiger partial charge in [0, 0.05) is 61.7 Å². The predicted molar refractivity (Wildman–Crippen MR) is 178 cm³/mol. The monoisotopic (exact) mass is 658 g/mol. The van der Waals surface area contributed by atoms with Crippen LogP contribution in [0.2, 0.25) is 5.02 Å². The summed E-state index contributed by atoms with van der Waals surface area (Å²) in [4.78, 5) is 23.6. The standard InChI is InChI=1S/C34H35ClN6O6/c35-28-16-24(6-7-31(28)46-21-25-4-1-2-9-37-25)39-34-23(19-36)20-38-29-18-32(47-26-8-15-45-22-26)30(17-27(29)34)40-33(44)5-3-10-41(11-13-42)12-14-43/h1-7,9,16-18,20,26,42-43H,8,10-15,21-22H2,(H,38,39)(H,40,44)/t26-/m0/s1. The lowest BCUT2D eigenvalue weighted by Gasteiger charge is -2.19. The number of fused-ring (bicyclic) bond motifs is 1. The average Bonchev–Trinajstić information content (AvgIpc) is 3.59. The first-order valence-electron chi connectivity index (χ1n) is 15.1. The van der Waals surface area contributed by atoms with E-state index in [4.69, 9.17) is 25.8 Å². The van der Waals surface area contributed by atoms with Crippen LogP contribution < -0.4 is 20.1 Å². The molecule has 0 unspecified atom stereocenters.